The number of rotatable bonds is 9. The van der Waals surface area contributed by atoms with Gasteiger partial charge in [0.25, 0.3) is 0 Å². The number of carbonyl (C=O) groups is 1. The average Bonchev–Trinajstić information content (AvgIpc) is 2.78. The van der Waals surface area contributed by atoms with Crippen LogP contribution in [0.2, 0.25) is 0 Å². The topological polar surface area (TPSA) is 83.9 Å². The van der Waals surface area contributed by atoms with E-state index in [1.165, 1.54) is 4.31 Å². The van der Waals surface area contributed by atoms with Crippen LogP contribution in [0.1, 0.15) is 43.9 Å². The van der Waals surface area contributed by atoms with Gasteiger partial charge in [-0.1, -0.05) is 44.2 Å². The summed E-state index contributed by atoms with van der Waals surface area (Å²) >= 11 is 1.65. The Kier molecular flexibility index (Phi) is 8.48. The highest BCUT2D eigenvalue weighted by Crippen LogP contribution is 2.43. The van der Waals surface area contributed by atoms with Crippen molar-refractivity contribution in [3.63, 3.8) is 0 Å². The van der Waals surface area contributed by atoms with Crippen LogP contribution in [0.4, 0.5) is 0 Å². The first-order valence-electron chi connectivity index (χ1n) is 11.2. The highest BCUT2D eigenvalue weighted by atomic mass is 32.2. The third-order valence-electron chi connectivity index (χ3n) is 6.15. The third kappa shape index (κ3) is 5.91. The van der Waals surface area contributed by atoms with Gasteiger partial charge in [-0.05, 0) is 60.8 Å². The minimum absolute atomic E-state index is 0.0535. The Bertz CT molecular complexity index is 1050. The van der Waals surface area contributed by atoms with Gasteiger partial charge in [-0.3, -0.25) is 4.79 Å². The number of carboxylic acid groups (broad SMARTS) is 1. The highest BCUT2D eigenvalue weighted by molar-refractivity contribution is 7.99. The zero-order chi connectivity index (χ0) is 24.2. The Morgan fingerprint density at radius 2 is 1.85 bits per heavy atom. The van der Waals surface area contributed by atoms with E-state index in [-0.39, 0.29) is 16.7 Å². The average molecular weight is 492 g/mol. The van der Waals surface area contributed by atoms with E-state index in [4.69, 9.17) is 4.74 Å². The number of carboxylic acids is 1. The summed E-state index contributed by atoms with van der Waals surface area (Å²) < 4.78 is 34.3. The predicted molar refractivity (Wildman–Crippen MR) is 132 cm³/mol. The Labute approximate surface area is 201 Å². The van der Waals surface area contributed by atoms with Crippen LogP contribution in [0.25, 0.3) is 0 Å². The molecule has 0 unspecified atom stereocenters. The molecule has 180 valence electrons. The Morgan fingerprint density at radius 1 is 1.18 bits per heavy atom. The molecule has 1 saturated heterocycles. The van der Waals surface area contributed by atoms with Gasteiger partial charge in [-0.15, -0.1) is 0 Å². The molecule has 2 aromatic carbocycles. The second kappa shape index (κ2) is 10.9. The summed E-state index contributed by atoms with van der Waals surface area (Å²) in [6, 6.07) is 13.8. The van der Waals surface area contributed by atoms with Crippen LogP contribution in [0.3, 0.4) is 0 Å². The summed E-state index contributed by atoms with van der Waals surface area (Å²) in [6.07, 6.45) is 1.43. The number of aryl methyl sites for hydroxylation is 1. The van der Waals surface area contributed by atoms with Crippen LogP contribution in [0.5, 0.6) is 5.75 Å². The number of thioether (sulfide) groups is 1. The molecule has 1 aliphatic rings. The van der Waals surface area contributed by atoms with Crippen molar-refractivity contribution in [2.45, 2.75) is 49.8 Å². The highest BCUT2D eigenvalue weighted by Gasteiger charge is 2.45. The van der Waals surface area contributed by atoms with Crippen molar-refractivity contribution in [2.75, 3.05) is 19.4 Å². The Hall–Kier alpha value is -2.03. The first-order valence-corrected chi connectivity index (χ1v) is 13.7. The molecule has 1 fully saturated rings. The lowest BCUT2D eigenvalue weighted by atomic mass is 9.90. The van der Waals surface area contributed by atoms with Crippen molar-refractivity contribution in [1.82, 2.24) is 4.31 Å². The van der Waals surface area contributed by atoms with E-state index in [0.29, 0.717) is 23.7 Å². The molecule has 33 heavy (non-hydrogen) atoms. The lowest BCUT2D eigenvalue weighted by Gasteiger charge is -2.42. The van der Waals surface area contributed by atoms with E-state index in [9.17, 15) is 18.3 Å². The summed E-state index contributed by atoms with van der Waals surface area (Å²) in [5.74, 6) is 0.353. The summed E-state index contributed by atoms with van der Waals surface area (Å²) in [4.78, 5) is 12.4. The number of sulfonamides is 1. The van der Waals surface area contributed by atoms with Crippen molar-refractivity contribution in [1.29, 1.82) is 0 Å². The Balaban J connectivity index is 2.02. The fourth-order valence-electron chi connectivity index (χ4n) is 4.18. The van der Waals surface area contributed by atoms with Crippen molar-refractivity contribution in [2.24, 2.45) is 11.8 Å². The first kappa shape index (κ1) is 25.6. The van der Waals surface area contributed by atoms with Gasteiger partial charge < -0.3 is 9.84 Å². The molecule has 8 heteroatoms. The van der Waals surface area contributed by atoms with E-state index in [2.05, 4.69) is 13.8 Å². The van der Waals surface area contributed by atoms with E-state index >= 15 is 0 Å². The molecular formula is C25H33NO5S2. The second-order valence-corrected chi connectivity index (χ2v) is 12.1. The number of piperidine rings is 1. The number of aliphatic carboxylic acids is 1. The van der Waals surface area contributed by atoms with Gasteiger partial charge in [0.05, 0.1) is 24.0 Å². The molecule has 0 saturated carbocycles. The van der Waals surface area contributed by atoms with Crippen LogP contribution >= 0.6 is 11.8 Å². The van der Waals surface area contributed by atoms with Gasteiger partial charge >= 0.3 is 5.97 Å². The quantitative estimate of drug-likeness (QED) is 0.532. The summed E-state index contributed by atoms with van der Waals surface area (Å²) in [5.41, 5.74) is 1.48. The van der Waals surface area contributed by atoms with Crippen molar-refractivity contribution >= 4 is 27.8 Å². The summed E-state index contributed by atoms with van der Waals surface area (Å²) in [6.45, 7) is 6.00. The Morgan fingerprint density at radius 3 is 2.42 bits per heavy atom. The van der Waals surface area contributed by atoms with Crippen LogP contribution in [-0.4, -0.2) is 48.5 Å². The predicted octanol–water partition coefficient (Wildman–Crippen LogP) is 4.99. The fraction of sp³-hybridized carbons (Fsp3) is 0.480. The van der Waals surface area contributed by atoms with E-state index in [0.717, 1.165) is 17.7 Å². The molecule has 0 aromatic heterocycles. The fourth-order valence-corrected chi connectivity index (χ4v) is 7.72. The molecule has 6 nitrogen and oxygen atoms in total. The molecule has 0 spiro atoms. The normalized spacial score (nSPS) is 21.8. The molecule has 3 atom stereocenters. The zero-order valence-corrected chi connectivity index (χ0v) is 21.2. The number of hydrogen-bond acceptors (Lipinski definition) is 5. The SMILES string of the molecule is COc1ccc([C@@H]2C[C@@H](SCCC(C)C)[C@H](C(=O)O)CN2S(=O)(=O)c2ccccc2C)cc1. The van der Waals surface area contributed by atoms with Gasteiger partial charge in [0, 0.05) is 11.8 Å². The van der Waals surface area contributed by atoms with E-state index in [1.807, 2.05) is 24.3 Å². The molecule has 1 heterocycles. The molecular weight excluding hydrogens is 458 g/mol. The van der Waals surface area contributed by atoms with E-state index in [1.54, 1.807) is 50.1 Å². The lowest BCUT2D eigenvalue weighted by Crippen LogP contribution is -2.49. The van der Waals surface area contributed by atoms with Gasteiger partial charge in [0.15, 0.2) is 0 Å². The minimum Gasteiger partial charge on any atom is -0.497 e. The smallest absolute Gasteiger partial charge is 0.308 e. The molecule has 2 aromatic rings. The maximum Gasteiger partial charge on any atom is 0.308 e. The number of nitrogens with zero attached hydrogens (tertiary/aromatic N) is 1. The molecule has 1 N–H and O–H groups in total. The number of ether oxygens (including phenoxy) is 1. The second-order valence-electron chi connectivity index (χ2n) is 8.90. The van der Waals surface area contributed by atoms with Crippen molar-refractivity contribution in [3.05, 3.63) is 59.7 Å². The van der Waals surface area contributed by atoms with Gasteiger partial charge in [0.1, 0.15) is 5.75 Å². The van der Waals surface area contributed by atoms with Gasteiger partial charge in [-0.2, -0.15) is 16.1 Å². The number of benzene rings is 2. The number of hydrogen-bond donors (Lipinski definition) is 1. The summed E-state index contributed by atoms with van der Waals surface area (Å²) in [7, 11) is -2.31. The van der Waals surface area contributed by atoms with Crippen LogP contribution < -0.4 is 4.74 Å². The third-order valence-corrected chi connectivity index (χ3v) is 9.61. The maximum absolute atomic E-state index is 13.8. The van der Waals surface area contributed by atoms with Crippen molar-refractivity contribution < 1.29 is 23.1 Å². The molecule has 1 aliphatic heterocycles. The standard InChI is InChI=1S/C25H33NO5S2/c1-17(2)13-14-32-23-15-22(19-9-11-20(31-4)12-10-19)26(16-21(23)25(27)28)33(29,30)24-8-6-5-7-18(24)3/h5-12,17,21-23H,13-16H2,1-4H3,(H,27,28)/t21-,22+,23-/m1/s1. The molecule has 0 aliphatic carbocycles. The van der Waals surface area contributed by atoms with E-state index < -0.39 is 28.0 Å². The largest absolute Gasteiger partial charge is 0.497 e. The monoisotopic (exact) mass is 491 g/mol. The maximum atomic E-state index is 13.8. The number of methoxy groups -OCH3 is 1. The molecule has 3 rings (SSSR count). The first-order chi connectivity index (χ1) is 15.6. The van der Waals surface area contributed by atoms with Crippen LogP contribution in [0, 0.1) is 18.8 Å². The van der Waals surface area contributed by atoms with Crippen LogP contribution in [-0.2, 0) is 14.8 Å². The zero-order valence-electron chi connectivity index (χ0n) is 19.6. The lowest BCUT2D eigenvalue weighted by molar-refractivity contribution is -0.143. The minimum atomic E-state index is -3.90. The molecule has 0 radical (unpaired) electrons. The van der Waals surface area contributed by atoms with Gasteiger partial charge in [0.2, 0.25) is 10.0 Å². The van der Waals surface area contributed by atoms with Crippen molar-refractivity contribution in [3.8, 4) is 5.75 Å². The molecule has 0 amide bonds. The summed E-state index contributed by atoms with van der Waals surface area (Å²) in [5, 5.41) is 9.83. The van der Waals surface area contributed by atoms with Gasteiger partial charge in [-0.25, -0.2) is 8.42 Å². The molecule has 0 bridgehead atoms. The van der Waals surface area contributed by atoms with Crippen LogP contribution in [0.15, 0.2) is 53.4 Å².